The van der Waals surface area contributed by atoms with Crippen molar-refractivity contribution in [2.45, 2.75) is 18.8 Å². The van der Waals surface area contributed by atoms with Crippen molar-refractivity contribution in [1.82, 2.24) is 10.2 Å². The number of nitrogen functional groups attached to an aromatic ring is 1. The summed E-state index contributed by atoms with van der Waals surface area (Å²) in [5.74, 6) is 0.418. The number of hydrogen-bond acceptors (Lipinski definition) is 4. The Morgan fingerprint density at radius 2 is 2.38 bits per heavy atom. The fourth-order valence-corrected chi connectivity index (χ4v) is 1.41. The maximum atomic E-state index is 11.2. The van der Waals surface area contributed by atoms with Crippen LogP contribution in [0.5, 0.6) is 0 Å². The first kappa shape index (κ1) is 8.10. The fourth-order valence-electron chi connectivity index (χ4n) is 1.41. The molecule has 13 heavy (non-hydrogen) atoms. The van der Waals surface area contributed by atoms with Gasteiger partial charge in [-0.15, -0.1) is 0 Å². The third kappa shape index (κ3) is 1.26. The monoisotopic (exact) mass is 181 g/mol. The molecule has 5 heteroatoms. The van der Waals surface area contributed by atoms with Gasteiger partial charge in [-0.1, -0.05) is 0 Å². The largest absolute Gasteiger partial charge is 0.464 e. The van der Waals surface area contributed by atoms with Crippen molar-refractivity contribution in [1.29, 1.82) is 0 Å². The highest BCUT2D eigenvalue weighted by Crippen LogP contribution is 2.43. The molecular weight excluding hydrogens is 170 g/mol. The number of esters is 1. The Hall–Kier alpha value is -1.52. The Labute approximate surface area is 75.3 Å². The summed E-state index contributed by atoms with van der Waals surface area (Å²) >= 11 is 0. The van der Waals surface area contributed by atoms with Gasteiger partial charge in [0, 0.05) is 5.56 Å². The van der Waals surface area contributed by atoms with E-state index in [9.17, 15) is 4.79 Å². The SMILES string of the molecule is COC(=O)c1[nH]nc(N)c1C1CC1. The molecule has 0 bridgehead atoms. The van der Waals surface area contributed by atoms with Crippen LogP contribution < -0.4 is 5.73 Å². The molecule has 1 aliphatic carbocycles. The number of H-pyrrole nitrogens is 1. The van der Waals surface area contributed by atoms with Gasteiger partial charge < -0.3 is 10.5 Å². The number of hydrogen-bond donors (Lipinski definition) is 2. The van der Waals surface area contributed by atoms with Crippen LogP contribution in [-0.2, 0) is 4.74 Å². The van der Waals surface area contributed by atoms with Crippen LogP contribution in [0.1, 0.15) is 34.8 Å². The molecule has 1 fully saturated rings. The number of anilines is 1. The van der Waals surface area contributed by atoms with Gasteiger partial charge in [0.15, 0.2) is 0 Å². The number of methoxy groups -OCH3 is 1. The molecule has 1 aromatic rings. The first-order valence-corrected chi connectivity index (χ1v) is 4.16. The molecule has 2 rings (SSSR count). The van der Waals surface area contributed by atoms with E-state index in [4.69, 9.17) is 5.73 Å². The maximum absolute atomic E-state index is 11.2. The third-order valence-electron chi connectivity index (χ3n) is 2.21. The highest BCUT2D eigenvalue weighted by molar-refractivity contribution is 5.90. The summed E-state index contributed by atoms with van der Waals surface area (Å²) in [6.07, 6.45) is 2.15. The van der Waals surface area contributed by atoms with Crippen molar-refractivity contribution in [3.05, 3.63) is 11.3 Å². The van der Waals surface area contributed by atoms with Gasteiger partial charge in [-0.2, -0.15) is 5.10 Å². The van der Waals surface area contributed by atoms with Gasteiger partial charge in [0.1, 0.15) is 11.5 Å². The zero-order chi connectivity index (χ0) is 9.42. The smallest absolute Gasteiger partial charge is 0.356 e. The molecule has 0 atom stereocenters. The van der Waals surface area contributed by atoms with Gasteiger partial charge in [0.2, 0.25) is 0 Å². The van der Waals surface area contributed by atoms with Gasteiger partial charge >= 0.3 is 5.97 Å². The Balaban J connectivity index is 2.39. The molecule has 1 aromatic heterocycles. The molecule has 5 nitrogen and oxygen atoms in total. The maximum Gasteiger partial charge on any atom is 0.356 e. The molecule has 0 aromatic carbocycles. The second-order valence-electron chi connectivity index (χ2n) is 3.16. The Morgan fingerprint density at radius 3 is 2.92 bits per heavy atom. The predicted octanol–water partition coefficient (Wildman–Crippen LogP) is 0.656. The third-order valence-corrected chi connectivity index (χ3v) is 2.21. The van der Waals surface area contributed by atoms with Crippen LogP contribution in [0.25, 0.3) is 0 Å². The number of nitrogens with one attached hydrogen (secondary N) is 1. The lowest BCUT2D eigenvalue weighted by molar-refractivity contribution is 0.0592. The standard InChI is InChI=1S/C8H11N3O2/c1-13-8(12)6-5(4-2-3-4)7(9)11-10-6/h4H,2-3H2,1H3,(H3,9,10,11). The lowest BCUT2D eigenvalue weighted by Crippen LogP contribution is -2.05. The first-order valence-electron chi connectivity index (χ1n) is 4.16. The van der Waals surface area contributed by atoms with Crippen molar-refractivity contribution in [2.24, 2.45) is 0 Å². The normalized spacial score (nSPS) is 15.8. The number of carbonyl (C=O) groups is 1. The molecule has 70 valence electrons. The van der Waals surface area contributed by atoms with E-state index in [2.05, 4.69) is 14.9 Å². The molecule has 0 saturated heterocycles. The number of nitrogens with two attached hydrogens (primary N) is 1. The molecule has 1 aliphatic rings. The molecule has 0 amide bonds. The molecule has 0 unspecified atom stereocenters. The summed E-state index contributed by atoms with van der Waals surface area (Å²) < 4.78 is 4.60. The van der Waals surface area contributed by atoms with Crippen LogP contribution in [0.4, 0.5) is 5.82 Å². The van der Waals surface area contributed by atoms with Crippen LogP contribution in [0.3, 0.4) is 0 Å². The highest BCUT2D eigenvalue weighted by Gasteiger charge is 2.32. The van der Waals surface area contributed by atoms with Crippen LogP contribution >= 0.6 is 0 Å². The Kier molecular flexibility index (Phi) is 1.72. The Morgan fingerprint density at radius 1 is 1.69 bits per heavy atom. The number of aromatic amines is 1. The minimum atomic E-state index is -0.397. The van der Waals surface area contributed by atoms with Gasteiger partial charge in [0.05, 0.1) is 7.11 Å². The van der Waals surface area contributed by atoms with E-state index >= 15 is 0 Å². The lowest BCUT2D eigenvalue weighted by Gasteiger charge is -1.99. The summed E-state index contributed by atoms with van der Waals surface area (Å²) in [6, 6.07) is 0. The number of carbonyl (C=O) groups excluding carboxylic acids is 1. The molecule has 1 saturated carbocycles. The van der Waals surface area contributed by atoms with Crippen LogP contribution in [-0.4, -0.2) is 23.3 Å². The number of rotatable bonds is 2. The Bertz CT molecular complexity index is 341. The van der Waals surface area contributed by atoms with Crippen LogP contribution in [0.15, 0.2) is 0 Å². The van der Waals surface area contributed by atoms with Crippen molar-refractivity contribution in [2.75, 3.05) is 12.8 Å². The summed E-state index contributed by atoms with van der Waals surface area (Å²) in [7, 11) is 1.34. The molecule has 0 radical (unpaired) electrons. The van der Waals surface area contributed by atoms with E-state index < -0.39 is 5.97 Å². The quantitative estimate of drug-likeness (QED) is 0.656. The first-order chi connectivity index (χ1) is 6.24. The van der Waals surface area contributed by atoms with Crippen molar-refractivity contribution in [3.63, 3.8) is 0 Å². The van der Waals surface area contributed by atoms with Gasteiger partial charge in [-0.25, -0.2) is 4.79 Å². The topological polar surface area (TPSA) is 81.0 Å². The van der Waals surface area contributed by atoms with Gasteiger partial charge in [-0.3, -0.25) is 5.10 Å². The summed E-state index contributed by atoms with van der Waals surface area (Å²) in [6.45, 7) is 0. The molecule has 3 N–H and O–H groups in total. The molecular formula is C8H11N3O2. The minimum absolute atomic E-state index is 0.396. The van der Waals surface area contributed by atoms with E-state index in [1.807, 2.05) is 0 Å². The van der Waals surface area contributed by atoms with E-state index in [-0.39, 0.29) is 0 Å². The predicted molar refractivity (Wildman–Crippen MR) is 46.3 cm³/mol. The fraction of sp³-hybridized carbons (Fsp3) is 0.500. The second kappa shape index (κ2) is 2.76. The zero-order valence-corrected chi connectivity index (χ0v) is 7.33. The van der Waals surface area contributed by atoms with Gasteiger partial charge in [-0.05, 0) is 18.8 Å². The van der Waals surface area contributed by atoms with E-state index in [1.54, 1.807) is 0 Å². The number of nitrogens with zero attached hydrogens (tertiary/aromatic N) is 1. The van der Waals surface area contributed by atoms with Gasteiger partial charge in [0.25, 0.3) is 0 Å². The number of aromatic nitrogens is 2. The molecule has 1 heterocycles. The average molecular weight is 181 g/mol. The zero-order valence-electron chi connectivity index (χ0n) is 7.33. The van der Waals surface area contributed by atoms with Crippen LogP contribution in [0.2, 0.25) is 0 Å². The van der Waals surface area contributed by atoms with Crippen molar-refractivity contribution < 1.29 is 9.53 Å². The van der Waals surface area contributed by atoms with E-state index in [0.29, 0.717) is 17.4 Å². The van der Waals surface area contributed by atoms with Crippen LogP contribution in [0, 0.1) is 0 Å². The minimum Gasteiger partial charge on any atom is -0.464 e. The number of ether oxygens (including phenoxy) is 1. The molecule has 0 aliphatic heterocycles. The highest BCUT2D eigenvalue weighted by atomic mass is 16.5. The van der Waals surface area contributed by atoms with E-state index in [1.165, 1.54) is 7.11 Å². The molecule has 0 spiro atoms. The lowest BCUT2D eigenvalue weighted by atomic mass is 10.1. The van der Waals surface area contributed by atoms with Crippen molar-refractivity contribution in [3.8, 4) is 0 Å². The summed E-state index contributed by atoms with van der Waals surface area (Å²) in [4.78, 5) is 11.2. The average Bonchev–Trinajstić information content (AvgIpc) is 2.89. The van der Waals surface area contributed by atoms with Crippen molar-refractivity contribution >= 4 is 11.8 Å². The summed E-state index contributed by atoms with van der Waals surface area (Å²) in [5.41, 5.74) is 6.86. The summed E-state index contributed by atoms with van der Waals surface area (Å²) in [5, 5.41) is 6.40. The van der Waals surface area contributed by atoms with E-state index in [0.717, 1.165) is 18.4 Å². The second-order valence-corrected chi connectivity index (χ2v) is 3.16.